The van der Waals surface area contributed by atoms with Crippen LogP contribution in [-0.2, 0) is 16.1 Å². The molecule has 0 radical (unpaired) electrons. The quantitative estimate of drug-likeness (QED) is 0.857. The SMILES string of the molecule is CN(Cc1cccnc1)C(=O)[C@H]1CCCN1C(=O)CC(C)(C)C. The molecule has 0 aliphatic carbocycles. The molecule has 5 heteroatoms. The minimum absolute atomic E-state index is 0.0219. The fourth-order valence-electron chi connectivity index (χ4n) is 2.98. The summed E-state index contributed by atoms with van der Waals surface area (Å²) in [5, 5.41) is 0. The normalized spacial score (nSPS) is 18.1. The standard InChI is InChI=1S/C18H27N3O2/c1-18(2,3)11-16(22)21-10-6-8-15(21)17(23)20(4)13-14-7-5-9-19-12-14/h5,7,9,12,15H,6,8,10-11,13H2,1-4H3/t15-/m1/s1. The van der Waals surface area contributed by atoms with Crippen LogP contribution in [0.15, 0.2) is 24.5 Å². The number of likely N-dealkylation sites (tertiary alicyclic amines) is 1. The van der Waals surface area contributed by atoms with Crippen LogP contribution in [0.25, 0.3) is 0 Å². The number of aromatic nitrogens is 1. The molecule has 1 atom stereocenters. The lowest BCUT2D eigenvalue weighted by Gasteiger charge is -2.30. The number of hydrogen-bond donors (Lipinski definition) is 0. The smallest absolute Gasteiger partial charge is 0.245 e. The van der Waals surface area contributed by atoms with Gasteiger partial charge in [-0.2, -0.15) is 0 Å². The molecule has 0 aromatic carbocycles. The Kier molecular flexibility index (Phi) is 5.39. The second kappa shape index (κ2) is 7.11. The number of carbonyl (C=O) groups is 2. The van der Waals surface area contributed by atoms with Gasteiger partial charge >= 0.3 is 0 Å². The van der Waals surface area contributed by atoms with Gasteiger partial charge in [0.2, 0.25) is 11.8 Å². The molecule has 1 fully saturated rings. The number of nitrogens with zero attached hydrogens (tertiary/aromatic N) is 3. The van der Waals surface area contributed by atoms with E-state index in [4.69, 9.17) is 0 Å². The number of pyridine rings is 1. The lowest BCUT2D eigenvalue weighted by Crippen LogP contribution is -2.47. The van der Waals surface area contributed by atoms with Gasteiger partial charge in [0.25, 0.3) is 0 Å². The highest BCUT2D eigenvalue weighted by atomic mass is 16.2. The summed E-state index contributed by atoms with van der Waals surface area (Å²) in [4.78, 5) is 32.8. The molecule has 0 bridgehead atoms. The van der Waals surface area contributed by atoms with E-state index in [1.165, 1.54) is 0 Å². The van der Waals surface area contributed by atoms with Crippen LogP contribution in [0.5, 0.6) is 0 Å². The van der Waals surface area contributed by atoms with Gasteiger partial charge in [0.05, 0.1) is 0 Å². The van der Waals surface area contributed by atoms with E-state index in [-0.39, 0.29) is 23.3 Å². The van der Waals surface area contributed by atoms with Gasteiger partial charge in [-0.3, -0.25) is 14.6 Å². The second-order valence-electron chi connectivity index (χ2n) is 7.54. The van der Waals surface area contributed by atoms with Crippen molar-refractivity contribution < 1.29 is 9.59 Å². The summed E-state index contributed by atoms with van der Waals surface area (Å²) in [5.41, 5.74) is 0.934. The van der Waals surface area contributed by atoms with Crippen LogP contribution in [-0.4, -0.2) is 46.2 Å². The van der Waals surface area contributed by atoms with Crippen molar-refractivity contribution in [2.45, 2.75) is 52.6 Å². The Morgan fingerprint density at radius 1 is 1.39 bits per heavy atom. The molecule has 1 aromatic heterocycles. The fourth-order valence-corrected chi connectivity index (χ4v) is 2.98. The van der Waals surface area contributed by atoms with Gasteiger partial charge in [-0.1, -0.05) is 26.8 Å². The van der Waals surface area contributed by atoms with Gasteiger partial charge < -0.3 is 9.80 Å². The van der Waals surface area contributed by atoms with Crippen LogP contribution in [0.4, 0.5) is 0 Å². The molecule has 23 heavy (non-hydrogen) atoms. The minimum Gasteiger partial charge on any atom is -0.340 e. The lowest BCUT2D eigenvalue weighted by molar-refractivity contribution is -0.144. The number of likely N-dealkylation sites (N-methyl/N-ethyl adjacent to an activating group) is 1. The summed E-state index contributed by atoms with van der Waals surface area (Å²) in [5.74, 6) is 0.108. The van der Waals surface area contributed by atoms with Crippen molar-refractivity contribution in [2.75, 3.05) is 13.6 Å². The molecule has 1 saturated heterocycles. The van der Waals surface area contributed by atoms with E-state index in [9.17, 15) is 9.59 Å². The molecule has 1 aliphatic rings. The average molecular weight is 317 g/mol. The van der Waals surface area contributed by atoms with Gasteiger partial charge in [-0.25, -0.2) is 0 Å². The van der Waals surface area contributed by atoms with E-state index in [0.717, 1.165) is 18.4 Å². The first-order valence-electron chi connectivity index (χ1n) is 8.21. The maximum atomic E-state index is 12.7. The van der Waals surface area contributed by atoms with Crippen molar-refractivity contribution in [3.05, 3.63) is 30.1 Å². The van der Waals surface area contributed by atoms with Crippen LogP contribution >= 0.6 is 0 Å². The van der Waals surface area contributed by atoms with E-state index in [1.54, 1.807) is 29.2 Å². The molecule has 5 nitrogen and oxygen atoms in total. The van der Waals surface area contributed by atoms with Gasteiger partial charge in [0.15, 0.2) is 0 Å². The third kappa shape index (κ3) is 4.78. The van der Waals surface area contributed by atoms with Gasteiger partial charge in [0.1, 0.15) is 6.04 Å². The predicted molar refractivity (Wildman–Crippen MR) is 89.5 cm³/mol. The average Bonchev–Trinajstić information content (AvgIpc) is 2.95. The molecule has 2 heterocycles. The van der Waals surface area contributed by atoms with Crippen molar-refractivity contribution in [3.8, 4) is 0 Å². The fraction of sp³-hybridized carbons (Fsp3) is 0.611. The van der Waals surface area contributed by atoms with E-state index in [1.807, 2.05) is 32.9 Å². The molecule has 2 rings (SSSR count). The second-order valence-corrected chi connectivity index (χ2v) is 7.54. The molecular formula is C18H27N3O2. The number of carbonyl (C=O) groups excluding carboxylic acids is 2. The predicted octanol–water partition coefficient (Wildman–Crippen LogP) is 2.47. The van der Waals surface area contributed by atoms with Crippen LogP contribution in [0, 0.1) is 5.41 Å². The van der Waals surface area contributed by atoms with Crippen LogP contribution in [0.1, 0.15) is 45.6 Å². The topological polar surface area (TPSA) is 53.5 Å². The van der Waals surface area contributed by atoms with E-state index in [2.05, 4.69) is 4.98 Å². The molecule has 0 saturated carbocycles. The molecule has 1 aliphatic heterocycles. The monoisotopic (exact) mass is 317 g/mol. The van der Waals surface area contributed by atoms with Crippen LogP contribution in [0.3, 0.4) is 0 Å². The van der Waals surface area contributed by atoms with Crippen LogP contribution < -0.4 is 0 Å². The first-order valence-corrected chi connectivity index (χ1v) is 8.21. The number of amides is 2. The maximum absolute atomic E-state index is 12.7. The van der Waals surface area contributed by atoms with Crippen molar-refractivity contribution in [3.63, 3.8) is 0 Å². The molecule has 1 aromatic rings. The molecule has 0 unspecified atom stereocenters. The van der Waals surface area contributed by atoms with E-state index in [0.29, 0.717) is 19.5 Å². The zero-order valence-electron chi connectivity index (χ0n) is 14.6. The summed E-state index contributed by atoms with van der Waals surface area (Å²) in [6.07, 6.45) is 5.61. The summed E-state index contributed by atoms with van der Waals surface area (Å²) in [6, 6.07) is 3.50. The Hall–Kier alpha value is -1.91. The maximum Gasteiger partial charge on any atom is 0.245 e. The molecule has 2 amide bonds. The zero-order chi connectivity index (χ0) is 17.0. The van der Waals surface area contributed by atoms with E-state index < -0.39 is 0 Å². The van der Waals surface area contributed by atoms with Crippen molar-refractivity contribution >= 4 is 11.8 Å². The number of rotatable bonds is 4. The molecule has 0 spiro atoms. The summed E-state index contributed by atoms with van der Waals surface area (Å²) >= 11 is 0. The molecular weight excluding hydrogens is 290 g/mol. The summed E-state index contributed by atoms with van der Waals surface area (Å²) in [6.45, 7) is 7.35. The zero-order valence-corrected chi connectivity index (χ0v) is 14.6. The number of hydrogen-bond acceptors (Lipinski definition) is 3. The Morgan fingerprint density at radius 2 is 2.13 bits per heavy atom. The summed E-state index contributed by atoms with van der Waals surface area (Å²) < 4.78 is 0. The third-order valence-corrected chi connectivity index (χ3v) is 4.06. The van der Waals surface area contributed by atoms with Gasteiger partial charge in [0, 0.05) is 39.0 Å². The van der Waals surface area contributed by atoms with Gasteiger partial charge in [-0.15, -0.1) is 0 Å². The molecule has 126 valence electrons. The highest BCUT2D eigenvalue weighted by molar-refractivity contribution is 5.88. The minimum atomic E-state index is -0.313. The Balaban J connectivity index is 2.01. The Morgan fingerprint density at radius 3 is 2.74 bits per heavy atom. The third-order valence-electron chi connectivity index (χ3n) is 4.06. The van der Waals surface area contributed by atoms with Crippen LogP contribution in [0.2, 0.25) is 0 Å². The Bertz CT molecular complexity index is 551. The lowest BCUT2D eigenvalue weighted by atomic mass is 9.91. The summed E-state index contributed by atoms with van der Waals surface area (Å²) in [7, 11) is 1.79. The largest absolute Gasteiger partial charge is 0.340 e. The van der Waals surface area contributed by atoms with Crippen molar-refractivity contribution in [1.82, 2.24) is 14.8 Å². The van der Waals surface area contributed by atoms with Gasteiger partial charge in [-0.05, 0) is 29.9 Å². The van der Waals surface area contributed by atoms with E-state index >= 15 is 0 Å². The Labute approximate surface area is 138 Å². The highest BCUT2D eigenvalue weighted by Gasteiger charge is 2.36. The highest BCUT2D eigenvalue weighted by Crippen LogP contribution is 2.25. The molecule has 0 N–H and O–H groups in total. The first-order chi connectivity index (χ1) is 10.8. The first kappa shape index (κ1) is 17.4. The van der Waals surface area contributed by atoms with Crippen molar-refractivity contribution in [2.24, 2.45) is 5.41 Å². The van der Waals surface area contributed by atoms with Crippen molar-refractivity contribution in [1.29, 1.82) is 0 Å².